The summed E-state index contributed by atoms with van der Waals surface area (Å²) in [5.41, 5.74) is 2.75. The molecule has 3 rings (SSSR count). The van der Waals surface area contributed by atoms with Crippen molar-refractivity contribution >= 4 is 17.2 Å². The highest BCUT2D eigenvalue weighted by atomic mass is 16.1. The van der Waals surface area contributed by atoms with Crippen LogP contribution in [0.5, 0.6) is 0 Å². The minimum Gasteiger partial charge on any atom is -0.360 e. The van der Waals surface area contributed by atoms with E-state index in [0.29, 0.717) is 17.8 Å². The lowest BCUT2D eigenvalue weighted by atomic mass is 9.97. The van der Waals surface area contributed by atoms with Gasteiger partial charge < -0.3 is 10.6 Å². The SMILES string of the molecule is N#CC(=CNc1ccccc1C(=O)NCCC1=CCCCC1)c1nn[nH]n1. The molecule has 3 N–H and O–H groups in total. The van der Waals surface area contributed by atoms with Crippen molar-refractivity contribution in [2.24, 2.45) is 0 Å². The maximum absolute atomic E-state index is 12.6. The zero-order valence-corrected chi connectivity index (χ0v) is 14.9. The number of aromatic nitrogens is 4. The number of carbonyl (C=O) groups excluding carboxylic acids is 1. The molecule has 0 spiro atoms. The summed E-state index contributed by atoms with van der Waals surface area (Å²) in [6.45, 7) is 0.612. The summed E-state index contributed by atoms with van der Waals surface area (Å²) in [5.74, 6) is 0.0358. The van der Waals surface area contributed by atoms with Crippen molar-refractivity contribution in [3.05, 3.63) is 53.5 Å². The Morgan fingerprint density at radius 1 is 1.33 bits per heavy atom. The zero-order valence-electron chi connectivity index (χ0n) is 14.9. The highest BCUT2D eigenvalue weighted by molar-refractivity contribution is 6.00. The van der Waals surface area contributed by atoms with Gasteiger partial charge in [-0.15, -0.1) is 10.2 Å². The molecular weight excluding hydrogens is 342 g/mol. The van der Waals surface area contributed by atoms with Crippen molar-refractivity contribution in [3.8, 4) is 6.07 Å². The average Bonchev–Trinajstić information content (AvgIpc) is 3.24. The monoisotopic (exact) mass is 363 g/mol. The van der Waals surface area contributed by atoms with E-state index in [9.17, 15) is 10.1 Å². The summed E-state index contributed by atoms with van der Waals surface area (Å²) >= 11 is 0. The number of rotatable bonds is 7. The number of amides is 1. The normalized spacial score (nSPS) is 14.2. The van der Waals surface area contributed by atoms with E-state index in [1.165, 1.54) is 24.6 Å². The number of aromatic amines is 1. The molecule has 1 heterocycles. The number of hydrogen-bond acceptors (Lipinski definition) is 6. The molecule has 0 unspecified atom stereocenters. The second-order valence-corrected chi connectivity index (χ2v) is 6.21. The van der Waals surface area contributed by atoms with Crippen LogP contribution < -0.4 is 10.6 Å². The Morgan fingerprint density at radius 2 is 2.22 bits per heavy atom. The topological polar surface area (TPSA) is 119 Å². The number of hydrogen-bond donors (Lipinski definition) is 3. The number of benzene rings is 1. The molecule has 27 heavy (non-hydrogen) atoms. The third-order valence-corrected chi connectivity index (χ3v) is 4.37. The standard InChI is InChI=1S/C19H21N7O/c20-12-15(18-23-25-26-24-18)13-22-17-9-5-4-8-16(17)19(27)21-11-10-14-6-2-1-3-7-14/h4-6,8-9,13,22H,1-3,7,10-11H2,(H,21,27)(H,23,24,25,26). The fourth-order valence-corrected chi connectivity index (χ4v) is 2.94. The van der Waals surface area contributed by atoms with Crippen LogP contribution in [0.4, 0.5) is 5.69 Å². The van der Waals surface area contributed by atoms with Crippen molar-refractivity contribution in [3.63, 3.8) is 0 Å². The number of carbonyl (C=O) groups is 1. The lowest BCUT2D eigenvalue weighted by molar-refractivity contribution is 0.0955. The van der Waals surface area contributed by atoms with Crippen molar-refractivity contribution in [1.82, 2.24) is 25.9 Å². The minimum atomic E-state index is -0.152. The van der Waals surface area contributed by atoms with E-state index in [2.05, 4.69) is 37.3 Å². The molecule has 1 aliphatic carbocycles. The highest BCUT2D eigenvalue weighted by Gasteiger charge is 2.12. The second kappa shape index (κ2) is 9.29. The lowest BCUT2D eigenvalue weighted by Crippen LogP contribution is -2.25. The lowest BCUT2D eigenvalue weighted by Gasteiger charge is -2.14. The molecule has 1 aromatic carbocycles. The van der Waals surface area contributed by atoms with E-state index in [-0.39, 0.29) is 17.3 Å². The summed E-state index contributed by atoms with van der Waals surface area (Å²) in [5, 5.41) is 28.5. The number of nitriles is 1. The molecule has 8 heteroatoms. The Kier molecular flexibility index (Phi) is 6.30. The van der Waals surface area contributed by atoms with Gasteiger partial charge in [-0.1, -0.05) is 23.8 Å². The highest BCUT2D eigenvalue weighted by Crippen LogP contribution is 2.20. The fourth-order valence-electron chi connectivity index (χ4n) is 2.94. The Morgan fingerprint density at radius 3 is 2.96 bits per heavy atom. The third kappa shape index (κ3) is 5.01. The van der Waals surface area contributed by atoms with Crippen LogP contribution in [0.2, 0.25) is 0 Å². The first kappa shape index (κ1) is 18.3. The molecule has 0 bridgehead atoms. The van der Waals surface area contributed by atoms with Gasteiger partial charge in [0, 0.05) is 12.7 Å². The van der Waals surface area contributed by atoms with Gasteiger partial charge in [0.15, 0.2) is 0 Å². The van der Waals surface area contributed by atoms with Gasteiger partial charge >= 0.3 is 0 Å². The van der Waals surface area contributed by atoms with Crippen LogP contribution in [0, 0.1) is 11.3 Å². The summed E-state index contributed by atoms with van der Waals surface area (Å²) < 4.78 is 0. The first-order chi connectivity index (χ1) is 13.3. The predicted molar refractivity (Wildman–Crippen MR) is 101 cm³/mol. The Hall–Kier alpha value is -3.47. The van der Waals surface area contributed by atoms with E-state index < -0.39 is 0 Å². The molecule has 2 aromatic rings. The number of tetrazole rings is 1. The number of nitrogens with one attached hydrogen (secondary N) is 3. The number of allylic oxidation sites excluding steroid dienone is 2. The molecule has 1 aromatic heterocycles. The summed E-state index contributed by atoms with van der Waals surface area (Å²) in [6.07, 6.45) is 9.41. The number of para-hydroxylation sites is 1. The molecule has 8 nitrogen and oxygen atoms in total. The van der Waals surface area contributed by atoms with Gasteiger partial charge in [0.1, 0.15) is 11.6 Å². The summed E-state index contributed by atoms with van der Waals surface area (Å²) in [7, 11) is 0. The van der Waals surface area contributed by atoms with Crippen molar-refractivity contribution in [2.75, 3.05) is 11.9 Å². The van der Waals surface area contributed by atoms with E-state index in [4.69, 9.17) is 0 Å². The van der Waals surface area contributed by atoms with Crippen LogP contribution in [0.15, 0.2) is 42.1 Å². The van der Waals surface area contributed by atoms with Crippen LogP contribution in [0.1, 0.15) is 48.3 Å². The van der Waals surface area contributed by atoms with Gasteiger partial charge in [-0.25, -0.2) is 0 Å². The number of H-pyrrole nitrogens is 1. The van der Waals surface area contributed by atoms with Gasteiger partial charge in [0.25, 0.3) is 5.91 Å². The quantitative estimate of drug-likeness (QED) is 0.514. The molecule has 0 fully saturated rings. The van der Waals surface area contributed by atoms with E-state index in [1.807, 2.05) is 12.1 Å². The molecule has 1 amide bonds. The Labute approximate surface area is 157 Å². The van der Waals surface area contributed by atoms with Gasteiger partial charge in [-0.3, -0.25) is 4.79 Å². The maximum atomic E-state index is 12.6. The number of anilines is 1. The maximum Gasteiger partial charge on any atom is 0.253 e. The van der Waals surface area contributed by atoms with E-state index in [0.717, 1.165) is 19.3 Å². The summed E-state index contributed by atoms with van der Waals surface area (Å²) in [4.78, 5) is 12.6. The first-order valence-corrected chi connectivity index (χ1v) is 8.93. The van der Waals surface area contributed by atoms with E-state index >= 15 is 0 Å². The van der Waals surface area contributed by atoms with Crippen LogP contribution in [0.3, 0.4) is 0 Å². The molecule has 138 valence electrons. The molecule has 0 saturated heterocycles. The van der Waals surface area contributed by atoms with Crippen molar-refractivity contribution in [1.29, 1.82) is 5.26 Å². The Balaban J connectivity index is 1.63. The van der Waals surface area contributed by atoms with Gasteiger partial charge in [-0.05, 0) is 49.5 Å². The molecule has 0 radical (unpaired) electrons. The average molecular weight is 363 g/mol. The van der Waals surface area contributed by atoms with Crippen LogP contribution in [-0.4, -0.2) is 33.1 Å². The molecule has 0 aliphatic heterocycles. The van der Waals surface area contributed by atoms with Gasteiger partial charge in [-0.2, -0.15) is 10.5 Å². The van der Waals surface area contributed by atoms with Gasteiger partial charge in [0.2, 0.25) is 5.82 Å². The van der Waals surface area contributed by atoms with Gasteiger partial charge in [0.05, 0.1) is 11.3 Å². The molecule has 0 atom stereocenters. The smallest absolute Gasteiger partial charge is 0.253 e. The predicted octanol–water partition coefficient (Wildman–Crippen LogP) is 2.80. The fraction of sp³-hybridized carbons (Fsp3) is 0.316. The van der Waals surface area contributed by atoms with Crippen LogP contribution >= 0.6 is 0 Å². The van der Waals surface area contributed by atoms with Crippen molar-refractivity contribution in [2.45, 2.75) is 32.1 Å². The first-order valence-electron chi connectivity index (χ1n) is 8.93. The van der Waals surface area contributed by atoms with Crippen LogP contribution in [-0.2, 0) is 0 Å². The van der Waals surface area contributed by atoms with E-state index in [1.54, 1.807) is 18.2 Å². The molecule has 0 saturated carbocycles. The summed E-state index contributed by atoms with van der Waals surface area (Å²) in [6, 6.07) is 9.14. The second-order valence-electron chi connectivity index (χ2n) is 6.21. The zero-order chi connectivity index (χ0) is 18.9. The molecule has 1 aliphatic rings. The largest absolute Gasteiger partial charge is 0.360 e. The molecular formula is C19H21N7O. The minimum absolute atomic E-state index is 0.152. The number of nitrogens with zero attached hydrogens (tertiary/aromatic N) is 4. The Bertz CT molecular complexity index is 878. The van der Waals surface area contributed by atoms with Crippen LogP contribution in [0.25, 0.3) is 5.57 Å². The third-order valence-electron chi connectivity index (χ3n) is 4.37. The van der Waals surface area contributed by atoms with Crippen molar-refractivity contribution < 1.29 is 4.79 Å².